The summed E-state index contributed by atoms with van der Waals surface area (Å²) in [5.41, 5.74) is 1.52. The van der Waals surface area contributed by atoms with Crippen molar-refractivity contribution >= 4 is 11.8 Å². The molecule has 1 fully saturated rings. The highest BCUT2D eigenvalue weighted by molar-refractivity contribution is 5.94. The molecule has 2 aliphatic heterocycles. The Labute approximate surface area is 139 Å². The zero-order valence-electron chi connectivity index (χ0n) is 13.4. The van der Waals surface area contributed by atoms with Crippen LogP contribution in [-0.2, 0) is 11.3 Å². The maximum absolute atomic E-state index is 13.1. The number of nitrogens with zero attached hydrogens (tertiary/aromatic N) is 3. The molecule has 2 atom stereocenters. The highest BCUT2D eigenvalue weighted by Gasteiger charge is 2.45. The first kappa shape index (κ1) is 14.9. The van der Waals surface area contributed by atoms with Gasteiger partial charge in [0, 0.05) is 32.8 Å². The minimum atomic E-state index is -0.293. The Kier molecular flexibility index (Phi) is 3.40. The minimum absolute atomic E-state index is 0.0206. The predicted molar refractivity (Wildman–Crippen MR) is 85.8 cm³/mol. The molecule has 6 heteroatoms. The van der Waals surface area contributed by atoms with Crippen molar-refractivity contribution in [1.82, 2.24) is 14.4 Å². The lowest BCUT2D eigenvalue weighted by Crippen LogP contribution is -2.49. The van der Waals surface area contributed by atoms with Gasteiger partial charge in [0.1, 0.15) is 11.5 Å². The molecule has 2 aliphatic rings. The van der Waals surface area contributed by atoms with Crippen molar-refractivity contribution in [3.8, 4) is 0 Å². The van der Waals surface area contributed by atoms with E-state index in [1.807, 2.05) is 27.8 Å². The van der Waals surface area contributed by atoms with Gasteiger partial charge in [0.15, 0.2) is 0 Å². The van der Waals surface area contributed by atoms with Crippen LogP contribution in [-0.4, -0.2) is 45.3 Å². The van der Waals surface area contributed by atoms with E-state index >= 15 is 0 Å². The molecule has 5 nitrogen and oxygen atoms in total. The molecule has 24 heavy (non-hydrogen) atoms. The van der Waals surface area contributed by atoms with E-state index in [9.17, 15) is 14.0 Å². The van der Waals surface area contributed by atoms with Crippen LogP contribution in [0.2, 0.25) is 0 Å². The van der Waals surface area contributed by atoms with Gasteiger partial charge in [-0.2, -0.15) is 0 Å². The summed E-state index contributed by atoms with van der Waals surface area (Å²) in [6.45, 7) is 3.11. The highest BCUT2D eigenvalue weighted by atomic mass is 19.1. The molecule has 0 aliphatic carbocycles. The first-order valence-electron chi connectivity index (χ1n) is 8.02. The van der Waals surface area contributed by atoms with Gasteiger partial charge in [0.2, 0.25) is 5.91 Å². The molecule has 2 aromatic rings. The molecule has 2 amide bonds. The van der Waals surface area contributed by atoms with Crippen LogP contribution in [0, 0.1) is 5.82 Å². The van der Waals surface area contributed by atoms with E-state index in [1.54, 1.807) is 24.0 Å². The Balaban J connectivity index is 1.69. The molecule has 124 valence electrons. The number of hydrogen-bond donors (Lipinski definition) is 0. The number of fused-ring (bicyclic) bond motifs is 3. The summed E-state index contributed by atoms with van der Waals surface area (Å²) in [6, 6.07) is 9.88. The number of amides is 2. The van der Waals surface area contributed by atoms with Gasteiger partial charge in [0.05, 0.1) is 12.1 Å². The van der Waals surface area contributed by atoms with Crippen molar-refractivity contribution in [3.05, 3.63) is 59.7 Å². The lowest BCUT2D eigenvalue weighted by atomic mass is 10.0. The Morgan fingerprint density at radius 3 is 2.58 bits per heavy atom. The predicted octanol–water partition coefficient (Wildman–Crippen LogP) is 2.05. The van der Waals surface area contributed by atoms with E-state index in [4.69, 9.17) is 0 Å². The summed E-state index contributed by atoms with van der Waals surface area (Å²) in [4.78, 5) is 28.3. The second-order valence-corrected chi connectivity index (χ2v) is 6.42. The monoisotopic (exact) mass is 327 g/mol. The molecule has 0 unspecified atom stereocenters. The lowest BCUT2D eigenvalue weighted by molar-refractivity contribution is -0.128. The lowest BCUT2D eigenvalue weighted by Gasteiger charge is -2.38. The molecule has 0 radical (unpaired) electrons. The molecule has 0 bridgehead atoms. The molecule has 1 aromatic carbocycles. The molecular formula is C18H18FN3O2. The normalized spacial score (nSPS) is 22.5. The van der Waals surface area contributed by atoms with Crippen LogP contribution >= 0.6 is 0 Å². The Morgan fingerprint density at radius 2 is 1.88 bits per heavy atom. The van der Waals surface area contributed by atoms with Crippen LogP contribution in [0.15, 0.2) is 42.6 Å². The number of carbonyl (C=O) groups excluding carboxylic acids is 2. The van der Waals surface area contributed by atoms with Crippen LogP contribution in [0.5, 0.6) is 0 Å². The molecule has 0 N–H and O–H groups in total. The van der Waals surface area contributed by atoms with Crippen LogP contribution < -0.4 is 0 Å². The van der Waals surface area contributed by atoms with Gasteiger partial charge < -0.3 is 14.4 Å². The molecule has 0 spiro atoms. The zero-order valence-corrected chi connectivity index (χ0v) is 13.4. The second-order valence-electron chi connectivity index (χ2n) is 6.42. The van der Waals surface area contributed by atoms with Crippen LogP contribution in [0.3, 0.4) is 0 Å². The van der Waals surface area contributed by atoms with Gasteiger partial charge in [-0.15, -0.1) is 0 Å². The van der Waals surface area contributed by atoms with Crippen molar-refractivity contribution in [2.75, 3.05) is 13.1 Å². The summed E-state index contributed by atoms with van der Waals surface area (Å²) in [6.07, 6.45) is 1.91. The maximum Gasteiger partial charge on any atom is 0.271 e. The fourth-order valence-corrected chi connectivity index (χ4v) is 3.74. The van der Waals surface area contributed by atoms with Gasteiger partial charge in [-0.3, -0.25) is 9.59 Å². The van der Waals surface area contributed by atoms with Gasteiger partial charge in [0.25, 0.3) is 5.91 Å². The maximum atomic E-state index is 13.1. The molecule has 0 saturated carbocycles. The van der Waals surface area contributed by atoms with E-state index < -0.39 is 0 Å². The van der Waals surface area contributed by atoms with Crippen molar-refractivity contribution in [3.63, 3.8) is 0 Å². The first-order chi connectivity index (χ1) is 11.5. The Bertz CT molecular complexity index is 799. The van der Waals surface area contributed by atoms with Gasteiger partial charge in [-0.1, -0.05) is 12.1 Å². The summed E-state index contributed by atoms with van der Waals surface area (Å²) in [5.74, 6) is -0.317. The topological polar surface area (TPSA) is 45.6 Å². The van der Waals surface area contributed by atoms with Crippen molar-refractivity contribution in [2.24, 2.45) is 0 Å². The molecule has 4 rings (SSSR count). The Morgan fingerprint density at radius 1 is 1.17 bits per heavy atom. The van der Waals surface area contributed by atoms with Crippen LogP contribution in [0.4, 0.5) is 4.39 Å². The average molecular weight is 327 g/mol. The van der Waals surface area contributed by atoms with Gasteiger partial charge in [-0.25, -0.2) is 4.39 Å². The summed E-state index contributed by atoms with van der Waals surface area (Å²) in [5, 5.41) is 0. The summed E-state index contributed by atoms with van der Waals surface area (Å²) in [7, 11) is 0. The van der Waals surface area contributed by atoms with Crippen LogP contribution in [0.25, 0.3) is 0 Å². The van der Waals surface area contributed by atoms with Crippen molar-refractivity contribution in [1.29, 1.82) is 0 Å². The zero-order chi connectivity index (χ0) is 16.8. The SMILES string of the molecule is CC(=O)N1C[C@H]2[C@H](C1)n1cccc1C(=O)N2Cc1ccc(F)cc1. The molecular weight excluding hydrogens is 309 g/mol. The third kappa shape index (κ3) is 2.29. The quantitative estimate of drug-likeness (QED) is 0.847. The largest absolute Gasteiger partial charge is 0.339 e. The van der Waals surface area contributed by atoms with E-state index in [0.29, 0.717) is 25.3 Å². The molecule has 3 heterocycles. The fraction of sp³-hybridized carbons (Fsp3) is 0.333. The standard InChI is InChI=1S/C18H18FN3O2/c1-12(23)20-10-16-17(11-20)22(9-13-4-6-14(19)7-5-13)18(24)15-3-2-8-21(15)16/h2-8,16-17H,9-11H2,1H3/t16-,17-/m0/s1. The minimum Gasteiger partial charge on any atom is -0.339 e. The average Bonchev–Trinajstić information content (AvgIpc) is 3.19. The number of halogens is 1. The van der Waals surface area contributed by atoms with Gasteiger partial charge >= 0.3 is 0 Å². The van der Waals surface area contributed by atoms with Crippen molar-refractivity contribution in [2.45, 2.75) is 25.6 Å². The smallest absolute Gasteiger partial charge is 0.271 e. The van der Waals surface area contributed by atoms with Crippen LogP contribution in [0.1, 0.15) is 29.0 Å². The fourth-order valence-electron chi connectivity index (χ4n) is 3.74. The third-order valence-corrected chi connectivity index (χ3v) is 4.99. The number of rotatable bonds is 2. The first-order valence-corrected chi connectivity index (χ1v) is 8.02. The number of benzene rings is 1. The molecule has 1 saturated heterocycles. The van der Waals surface area contributed by atoms with E-state index in [2.05, 4.69) is 0 Å². The van der Waals surface area contributed by atoms with Crippen molar-refractivity contribution < 1.29 is 14.0 Å². The van der Waals surface area contributed by atoms with E-state index in [0.717, 1.165) is 5.56 Å². The number of hydrogen-bond acceptors (Lipinski definition) is 2. The Hall–Kier alpha value is -2.63. The summed E-state index contributed by atoms with van der Waals surface area (Å²) < 4.78 is 15.1. The highest BCUT2D eigenvalue weighted by Crippen LogP contribution is 2.34. The molecule has 1 aromatic heterocycles. The summed E-state index contributed by atoms with van der Waals surface area (Å²) >= 11 is 0. The number of likely N-dealkylation sites (tertiary alicyclic amines) is 1. The number of aromatic nitrogens is 1. The second kappa shape index (κ2) is 5.47. The number of carbonyl (C=O) groups is 2. The third-order valence-electron chi connectivity index (χ3n) is 4.99. The van der Waals surface area contributed by atoms with E-state index in [-0.39, 0.29) is 29.7 Å². The van der Waals surface area contributed by atoms with E-state index in [1.165, 1.54) is 12.1 Å². The van der Waals surface area contributed by atoms with Gasteiger partial charge in [-0.05, 0) is 29.8 Å².